The van der Waals surface area contributed by atoms with Gasteiger partial charge in [-0.25, -0.2) is 0 Å². The van der Waals surface area contributed by atoms with E-state index in [2.05, 4.69) is 0 Å². The van der Waals surface area contributed by atoms with Crippen LogP contribution in [0.25, 0.3) is 0 Å². The number of likely N-dealkylation sites (N-methyl/N-ethyl adjacent to an activating group) is 1. The predicted octanol–water partition coefficient (Wildman–Crippen LogP) is 0.917. The fraction of sp³-hybridized carbons (Fsp3) is 0.500. The first kappa shape index (κ1) is 14.7. The van der Waals surface area contributed by atoms with E-state index < -0.39 is 5.60 Å². The minimum absolute atomic E-state index is 0.0157. The highest BCUT2D eigenvalue weighted by atomic mass is 16.3. The number of hydrogen-bond acceptors (Lipinski definition) is 3. The Bertz CT molecular complexity index is 411. The van der Waals surface area contributed by atoms with Crippen molar-refractivity contribution in [2.75, 3.05) is 13.6 Å². The summed E-state index contributed by atoms with van der Waals surface area (Å²) in [5.41, 5.74) is 6.70. The molecule has 4 nitrogen and oxygen atoms in total. The van der Waals surface area contributed by atoms with Crippen LogP contribution in [0.2, 0.25) is 0 Å². The van der Waals surface area contributed by atoms with Crippen LogP contribution in [0.4, 0.5) is 0 Å². The Morgan fingerprint density at radius 1 is 1.33 bits per heavy atom. The number of hydrogen-bond donors (Lipinski definition) is 2. The molecule has 0 spiro atoms. The first-order chi connectivity index (χ1) is 8.33. The van der Waals surface area contributed by atoms with Crippen LogP contribution >= 0.6 is 0 Å². The molecule has 0 aliphatic heterocycles. The molecule has 1 rings (SSSR count). The second kappa shape index (κ2) is 5.98. The van der Waals surface area contributed by atoms with E-state index in [0.29, 0.717) is 19.5 Å². The van der Waals surface area contributed by atoms with Crippen LogP contribution in [-0.4, -0.2) is 35.1 Å². The maximum absolute atomic E-state index is 12.0. The number of nitrogens with zero attached hydrogens (tertiary/aromatic N) is 1. The Balaban J connectivity index is 2.70. The highest BCUT2D eigenvalue weighted by Crippen LogP contribution is 2.11. The van der Waals surface area contributed by atoms with Crippen molar-refractivity contribution in [2.24, 2.45) is 5.73 Å². The maximum Gasteiger partial charge on any atom is 0.226 e. The van der Waals surface area contributed by atoms with Crippen LogP contribution in [-0.2, 0) is 17.8 Å². The van der Waals surface area contributed by atoms with Crippen molar-refractivity contribution in [2.45, 2.75) is 32.4 Å². The first-order valence-corrected chi connectivity index (χ1v) is 6.06. The van der Waals surface area contributed by atoms with Crippen LogP contribution in [0.3, 0.4) is 0 Å². The molecule has 0 heterocycles. The standard InChI is InChI=1S/C14H22N2O2/c1-14(2,18)10-16(3)13(17)8-11-6-4-5-7-12(11)9-15/h4-7,18H,8-10,15H2,1-3H3. The second-order valence-electron chi connectivity index (χ2n) is 5.21. The lowest BCUT2D eigenvalue weighted by molar-refractivity contribution is -0.131. The van der Waals surface area contributed by atoms with Crippen molar-refractivity contribution >= 4 is 5.91 Å². The third kappa shape index (κ3) is 4.47. The first-order valence-electron chi connectivity index (χ1n) is 6.06. The highest BCUT2D eigenvalue weighted by Gasteiger charge is 2.19. The number of carbonyl (C=O) groups excluding carboxylic acids is 1. The molecule has 3 N–H and O–H groups in total. The zero-order chi connectivity index (χ0) is 13.8. The summed E-state index contributed by atoms with van der Waals surface area (Å²) in [4.78, 5) is 13.6. The molecule has 0 saturated carbocycles. The number of amides is 1. The Morgan fingerprint density at radius 3 is 2.39 bits per heavy atom. The third-order valence-electron chi connectivity index (χ3n) is 2.73. The molecule has 1 aromatic rings. The van der Waals surface area contributed by atoms with Gasteiger partial charge in [0.1, 0.15) is 0 Å². The molecule has 1 aromatic carbocycles. The molecule has 0 fully saturated rings. The summed E-state index contributed by atoms with van der Waals surface area (Å²) < 4.78 is 0. The summed E-state index contributed by atoms with van der Waals surface area (Å²) in [7, 11) is 1.70. The average Bonchev–Trinajstić information content (AvgIpc) is 2.27. The van der Waals surface area contributed by atoms with Gasteiger partial charge in [0.2, 0.25) is 5.91 Å². The average molecular weight is 250 g/mol. The van der Waals surface area contributed by atoms with Gasteiger partial charge in [-0.05, 0) is 25.0 Å². The molecular weight excluding hydrogens is 228 g/mol. The lowest BCUT2D eigenvalue weighted by Crippen LogP contribution is -2.40. The van der Waals surface area contributed by atoms with Gasteiger partial charge in [0.25, 0.3) is 0 Å². The van der Waals surface area contributed by atoms with Gasteiger partial charge in [-0.2, -0.15) is 0 Å². The fourth-order valence-corrected chi connectivity index (χ4v) is 1.90. The van der Waals surface area contributed by atoms with E-state index in [9.17, 15) is 9.90 Å². The van der Waals surface area contributed by atoms with Gasteiger partial charge in [-0.1, -0.05) is 24.3 Å². The quantitative estimate of drug-likeness (QED) is 0.816. The fourth-order valence-electron chi connectivity index (χ4n) is 1.90. The topological polar surface area (TPSA) is 66.6 Å². The molecule has 1 amide bonds. The Kier molecular flexibility index (Phi) is 4.87. The normalized spacial score (nSPS) is 11.4. The molecule has 0 bridgehead atoms. The molecule has 18 heavy (non-hydrogen) atoms. The van der Waals surface area contributed by atoms with Crippen molar-refractivity contribution in [3.63, 3.8) is 0 Å². The van der Waals surface area contributed by atoms with Gasteiger partial charge in [0, 0.05) is 20.1 Å². The smallest absolute Gasteiger partial charge is 0.226 e. The van der Waals surface area contributed by atoms with Gasteiger partial charge in [0.05, 0.1) is 12.0 Å². The van der Waals surface area contributed by atoms with Crippen LogP contribution in [0.5, 0.6) is 0 Å². The van der Waals surface area contributed by atoms with Crippen LogP contribution in [0, 0.1) is 0 Å². The molecule has 0 aromatic heterocycles. The summed E-state index contributed by atoms with van der Waals surface area (Å²) >= 11 is 0. The van der Waals surface area contributed by atoms with Crippen molar-refractivity contribution in [3.8, 4) is 0 Å². The molecule has 0 radical (unpaired) electrons. The molecule has 0 aliphatic carbocycles. The van der Waals surface area contributed by atoms with Gasteiger partial charge >= 0.3 is 0 Å². The maximum atomic E-state index is 12.0. The van der Waals surface area contributed by atoms with Gasteiger partial charge in [-0.15, -0.1) is 0 Å². The number of benzene rings is 1. The number of nitrogens with two attached hydrogens (primary N) is 1. The van der Waals surface area contributed by atoms with Crippen LogP contribution in [0.1, 0.15) is 25.0 Å². The highest BCUT2D eigenvalue weighted by molar-refractivity contribution is 5.79. The third-order valence-corrected chi connectivity index (χ3v) is 2.73. The van der Waals surface area contributed by atoms with Gasteiger partial charge in [0.15, 0.2) is 0 Å². The minimum atomic E-state index is -0.877. The lowest BCUT2D eigenvalue weighted by atomic mass is 10.0. The molecule has 0 atom stereocenters. The zero-order valence-corrected chi connectivity index (χ0v) is 11.3. The van der Waals surface area contributed by atoms with Gasteiger partial charge in [-0.3, -0.25) is 4.79 Å². The summed E-state index contributed by atoms with van der Waals surface area (Å²) in [5.74, 6) is -0.0157. The van der Waals surface area contributed by atoms with E-state index in [-0.39, 0.29) is 5.91 Å². The molecule has 0 aliphatic rings. The molecular formula is C14H22N2O2. The summed E-state index contributed by atoms with van der Waals surface area (Å²) in [6.07, 6.45) is 0.319. The summed E-state index contributed by atoms with van der Waals surface area (Å²) in [6.45, 7) is 4.12. The van der Waals surface area contributed by atoms with E-state index in [1.165, 1.54) is 0 Å². The Morgan fingerprint density at radius 2 is 1.89 bits per heavy atom. The zero-order valence-electron chi connectivity index (χ0n) is 11.3. The van der Waals surface area contributed by atoms with Crippen molar-refractivity contribution in [1.82, 2.24) is 4.90 Å². The number of aliphatic hydroxyl groups is 1. The van der Waals surface area contributed by atoms with Gasteiger partial charge < -0.3 is 15.7 Å². The predicted molar refractivity (Wildman–Crippen MR) is 72.0 cm³/mol. The second-order valence-corrected chi connectivity index (χ2v) is 5.21. The van der Waals surface area contributed by atoms with Crippen molar-refractivity contribution in [3.05, 3.63) is 35.4 Å². The van der Waals surface area contributed by atoms with E-state index in [1.807, 2.05) is 24.3 Å². The molecule has 100 valence electrons. The molecule has 0 unspecified atom stereocenters. The van der Waals surface area contributed by atoms with Crippen molar-refractivity contribution in [1.29, 1.82) is 0 Å². The van der Waals surface area contributed by atoms with E-state index in [4.69, 9.17) is 5.73 Å². The van der Waals surface area contributed by atoms with Crippen molar-refractivity contribution < 1.29 is 9.90 Å². The van der Waals surface area contributed by atoms with E-state index in [0.717, 1.165) is 11.1 Å². The Labute approximate surface area is 108 Å². The number of carbonyl (C=O) groups is 1. The Hall–Kier alpha value is -1.39. The van der Waals surface area contributed by atoms with E-state index in [1.54, 1.807) is 25.8 Å². The van der Waals surface area contributed by atoms with Crippen LogP contribution in [0.15, 0.2) is 24.3 Å². The lowest BCUT2D eigenvalue weighted by Gasteiger charge is -2.25. The summed E-state index contributed by atoms with van der Waals surface area (Å²) in [6, 6.07) is 7.66. The monoisotopic (exact) mass is 250 g/mol. The molecule has 4 heteroatoms. The number of rotatable bonds is 5. The molecule has 0 saturated heterocycles. The van der Waals surface area contributed by atoms with Crippen LogP contribution < -0.4 is 5.73 Å². The SMILES string of the molecule is CN(CC(C)(C)O)C(=O)Cc1ccccc1CN. The van der Waals surface area contributed by atoms with E-state index >= 15 is 0 Å². The summed E-state index contributed by atoms with van der Waals surface area (Å²) in [5, 5.41) is 9.69. The minimum Gasteiger partial charge on any atom is -0.389 e. The largest absolute Gasteiger partial charge is 0.389 e.